The SMILES string of the molecule is CC(c1ccccc1)C(O)CC[C@@H]1[C@H](CC=CCCCC(=O)NO)[C@@H]2CC[C@H]1O2. The van der Waals surface area contributed by atoms with Gasteiger partial charge in [0, 0.05) is 12.3 Å². The lowest BCUT2D eigenvalue weighted by Crippen LogP contribution is -2.28. The summed E-state index contributed by atoms with van der Waals surface area (Å²) in [6, 6.07) is 10.2. The molecule has 2 saturated heterocycles. The maximum Gasteiger partial charge on any atom is 0.243 e. The van der Waals surface area contributed by atoms with Crippen LogP contribution in [0.4, 0.5) is 0 Å². The van der Waals surface area contributed by atoms with Crippen LogP contribution in [0.3, 0.4) is 0 Å². The molecule has 3 N–H and O–H groups in total. The van der Waals surface area contributed by atoms with Crippen molar-refractivity contribution < 1.29 is 19.8 Å². The van der Waals surface area contributed by atoms with Gasteiger partial charge in [0.25, 0.3) is 0 Å². The fraction of sp³-hybridized carbons (Fsp3) is 0.625. The Bertz CT molecular complexity index is 662. The van der Waals surface area contributed by atoms with Crippen molar-refractivity contribution in [1.82, 2.24) is 5.48 Å². The molecule has 3 rings (SSSR count). The van der Waals surface area contributed by atoms with Crippen LogP contribution in [-0.4, -0.2) is 34.5 Å². The van der Waals surface area contributed by atoms with Crippen molar-refractivity contribution in [2.45, 2.75) is 82.5 Å². The zero-order chi connectivity index (χ0) is 20.6. The molecular formula is C24H35NO4. The Morgan fingerprint density at radius 2 is 1.93 bits per heavy atom. The van der Waals surface area contributed by atoms with Crippen molar-refractivity contribution in [1.29, 1.82) is 0 Å². The summed E-state index contributed by atoms with van der Waals surface area (Å²) in [6.07, 6.45) is 11.8. The van der Waals surface area contributed by atoms with Gasteiger partial charge in [-0.1, -0.05) is 49.4 Å². The smallest absolute Gasteiger partial charge is 0.243 e. The standard InChI is InChI=1S/C24H35NO4/c1-17(18-9-5-4-6-10-18)21(26)14-13-20-19(22-15-16-23(20)29-22)11-7-2-3-8-12-24(27)25-28/h2,4-7,9-10,17,19-23,26,28H,3,8,11-16H2,1H3,(H,25,27)/t17?,19-,20+,21?,22-,23+/m0/s1. The molecular weight excluding hydrogens is 366 g/mol. The topological polar surface area (TPSA) is 78.8 Å². The van der Waals surface area contributed by atoms with E-state index in [4.69, 9.17) is 9.94 Å². The maximum atomic E-state index is 11.0. The molecule has 6 atom stereocenters. The van der Waals surface area contributed by atoms with Gasteiger partial charge in [-0.2, -0.15) is 0 Å². The van der Waals surface area contributed by atoms with Crippen molar-refractivity contribution in [2.75, 3.05) is 0 Å². The molecule has 2 heterocycles. The number of amides is 1. The average molecular weight is 402 g/mol. The molecule has 5 heteroatoms. The second-order valence-corrected chi connectivity index (χ2v) is 8.60. The number of unbranched alkanes of at least 4 members (excludes halogenated alkanes) is 1. The molecule has 160 valence electrons. The van der Waals surface area contributed by atoms with Gasteiger partial charge in [0.2, 0.25) is 5.91 Å². The van der Waals surface area contributed by atoms with Crippen molar-refractivity contribution in [3.8, 4) is 0 Å². The van der Waals surface area contributed by atoms with Crippen molar-refractivity contribution >= 4 is 5.91 Å². The fourth-order valence-electron chi connectivity index (χ4n) is 5.00. The first kappa shape index (κ1) is 22.0. The first-order valence-corrected chi connectivity index (χ1v) is 11.1. The molecule has 0 aliphatic carbocycles. The van der Waals surface area contributed by atoms with Crippen LogP contribution in [0.25, 0.3) is 0 Å². The van der Waals surface area contributed by atoms with Crippen LogP contribution in [0, 0.1) is 11.8 Å². The monoisotopic (exact) mass is 401 g/mol. The molecule has 2 aliphatic heterocycles. The van der Waals surface area contributed by atoms with Crippen LogP contribution >= 0.6 is 0 Å². The quantitative estimate of drug-likeness (QED) is 0.223. The van der Waals surface area contributed by atoms with Gasteiger partial charge in [-0.15, -0.1) is 0 Å². The van der Waals surface area contributed by atoms with E-state index in [0.717, 1.165) is 44.9 Å². The molecule has 0 radical (unpaired) electrons. The molecule has 2 bridgehead atoms. The summed E-state index contributed by atoms with van der Waals surface area (Å²) in [5.74, 6) is 0.870. The third-order valence-corrected chi connectivity index (χ3v) is 6.76. The number of aliphatic hydroxyl groups is 1. The minimum atomic E-state index is -0.330. The highest BCUT2D eigenvalue weighted by Gasteiger charge is 2.47. The molecule has 5 nitrogen and oxygen atoms in total. The van der Waals surface area contributed by atoms with Gasteiger partial charge in [0.05, 0.1) is 18.3 Å². The number of nitrogens with one attached hydrogen (secondary N) is 1. The van der Waals surface area contributed by atoms with Gasteiger partial charge >= 0.3 is 0 Å². The number of hydrogen-bond acceptors (Lipinski definition) is 4. The highest BCUT2D eigenvalue weighted by atomic mass is 16.5. The van der Waals surface area contributed by atoms with E-state index >= 15 is 0 Å². The average Bonchev–Trinajstić information content (AvgIpc) is 3.36. The zero-order valence-electron chi connectivity index (χ0n) is 17.4. The Kier molecular flexibility index (Phi) is 8.28. The highest BCUT2D eigenvalue weighted by molar-refractivity contribution is 5.74. The van der Waals surface area contributed by atoms with Gasteiger partial charge in [-0.25, -0.2) is 5.48 Å². The predicted octanol–water partition coefficient (Wildman–Crippen LogP) is 4.35. The van der Waals surface area contributed by atoms with Crippen molar-refractivity contribution in [3.05, 3.63) is 48.0 Å². The molecule has 0 saturated carbocycles. The number of carbonyl (C=O) groups is 1. The van der Waals surface area contributed by atoms with E-state index in [-0.39, 0.29) is 17.9 Å². The van der Waals surface area contributed by atoms with E-state index in [1.165, 1.54) is 5.56 Å². The Balaban J connectivity index is 1.45. The van der Waals surface area contributed by atoms with E-state index in [0.29, 0.717) is 30.5 Å². The summed E-state index contributed by atoms with van der Waals surface area (Å²) < 4.78 is 6.20. The number of carbonyl (C=O) groups excluding carboxylic acids is 1. The molecule has 0 aromatic heterocycles. The largest absolute Gasteiger partial charge is 0.393 e. The minimum absolute atomic E-state index is 0.144. The van der Waals surface area contributed by atoms with Gasteiger partial charge in [-0.3, -0.25) is 10.0 Å². The number of benzene rings is 1. The predicted molar refractivity (Wildman–Crippen MR) is 113 cm³/mol. The molecule has 1 amide bonds. The summed E-state index contributed by atoms with van der Waals surface area (Å²) in [6.45, 7) is 2.11. The summed E-state index contributed by atoms with van der Waals surface area (Å²) >= 11 is 0. The number of hydrogen-bond donors (Lipinski definition) is 3. The normalized spacial score (nSPS) is 28.0. The third kappa shape index (κ3) is 5.91. The molecule has 2 fully saturated rings. The highest BCUT2D eigenvalue weighted by Crippen LogP contribution is 2.47. The Morgan fingerprint density at radius 1 is 1.21 bits per heavy atom. The number of allylic oxidation sites excluding steroid dienone is 2. The van der Waals surface area contributed by atoms with E-state index in [2.05, 4.69) is 31.2 Å². The zero-order valence-corrected chi connectivity index (χ0v) is 17.4. The van der Waals surface area contributed by atoms with E-state index in [1.54, 1.807) is 5.48 Å². The molecule has 2 unspecified atom stereocenters. The van der Waals surface area contributed by atoms with Crippen LogP contribution in [0.2, 0.25) is 0 Å². The molecule has 1 aromatic carbocycles. The lowest BCUT2D eigenvalue weighted by Gasteiger charge is -2.29. The van der Waals surface area contributed by atoms with Gasteiger partial charge in [0.1, 0.15) is 0 Å². The minimum Gasteiger partial charge on any atom is -0.393 e. The van der Waals surface area contributed by atoms with Crippen LogP contribution in [0.1, 0.15) is 69.8 Å². The fourth-order valence-corrected chi connectivity index (χ4v) is 5.00. The second kappa shape index (κ2) is 10.9. The summed E-state index contributed by atoms with van der Waals surface area (Å²) in [4.78, 5) is 11.0. The van der Waals surface area contributed by atoms with Crippen LogP contribution in [0.5, 0.6) is 0 Å². The van der Waals surface area contributed by atoms with E-state index < -0.39 is 0 Å². The first-order chi connectivity index (χ1) is 14.1. The molecule has 0 spiro atoms. The van der Waals surface area contributed by atoms with Gasteiger partial charge in [-0.05, 0) is 62.3 Å². The summed E-state index contributed by atoms with van der Waals surface area (Å²) in [7, 11) is 0. The van der Waals surface area contributed by atoms with Crippen LogP contribution in [0.15, 0.2) is 42.5 Å². The van der Waals surface area contributed by atoms with E-state index in [9.17, 15) is 9.90 Å². The van der Waals surface area contributed by atoms with Gasteiger partial charge < -0.3 is 9.84 Å². The molecule has 2 aliphatic rings. The summed E-state index contributed by atoms with van der Waals surface area (Å²) in [5.41, 5.74) is 2.86. The van der Waals surface area contributed by atoms with Crippen LogP contribution < -0.4 is 5.48 Å². The van der Waals surface area contributed by atoms with Crippen molar-refractivity contribution in [2.24, 2.45) is 11.8 Å². The Labute approximate surface area is 174 Å². The number of rotatable bonds is 11. The number of hydroxylamine groups is 1. The summed E-state index contributed by atoms with van der Waals surface area (Å²) in [5, 5.41) is 19.2. The van der Waals surface area contributed by atoms with Crippen molar-refractivity contribution in [3.63, 3.8) is 0 Å². The molecule has 1 aromatic rings. The Hall–Kier alpha value is -1.69. The van der Waals surface area contributed by atoms with Gasteiger partial charge in [0.15, 0.2) is 0 Å². The molecule has 29 heavy (non-hydrogen) atoms. The maximum absolute atomic E-state index is 11.0. The lowest BCUT2D eigenvalue weighted by atomic mass is 9.74. The number of fused-ring (bicyclic) bond motifs is 2. The Morgan fingerprint density at radius 3 is 2.66 bits per heavy atom. The second-order valence-electron chi connectivity index (χ2n) is 8.60. The van der Waals surface area contributed by atoms with Crippen LogP contribution in [-0.2, 0) is 9.53 Å². The number of ether oxygens (including phenoxy) is 1. The van der Waals surface area contributed by atoms with E-state index in [1.807, 2.05) is 18.2 Å². The number of aliphatic hydroxyl groups excluding tert-OH is 1. The first-order valence-electron chi connectivity index (χ1n) is 11.1. The lowest BCUT2D eigenvalue weighted by molar-refractivity contribution is -0.129. The third-order valence-electron chi connectivity index (χ3n) is 6.76.